The fourth-order valence-electron chi connectivity index (χ4n) is 1.55. The number of aliphatic carboxylic acids is 1. The molecular formula is C12H16O5. The van der Waals surface area contributed by atoms with Gasteiger partial charge in [-0.1, -0.05) is 6.07 Å². The molecule has 0 saturated carbocycles. The van der Waals surface area contributed by atoms with Gasteiger partial charge in [0.05, 0.1) is 26.7 Å². The van der Waals surface area contributed by atoms with Gasteiger partial charge in [0.15, 0.2) is 11.5 Å². The zero-order chi connectivity index (χ0) is 12.8. The van der Waals surface area contributed by atoms with Gasteiger partial charge in [-0.25, -0.2) is 0 Å². The zero-order valence-electron chi connectivity index (χ0n) is 9.84. The highest BCUT2D eigenvalue weighted by molar-refractivity contribution is 5.67. The van der Waals surface area contributed by atoms with Crippen molar-refractivity contribution in [1.82, 2.24) is 0 Å². The molecular weight excluding hydrogens is 224 g/mol. The molecule has 0 heterocycles. The Balaban J connectivity index is 2.75. The summed E-state index contributed by atoms with van der Waals surface area (Å²) in [7, 11) is 3.06. The SMILES string of the molecule is COc1ccc(CC(O)CC(=O)O)cc1OC. The number of rotatable bonds is 6. The first-order chi connectivity index (χ1) is 8.06. The fourth-order valence-corrected chi connectivity index (χ4v) is 1.55. The van der Waals surface area contributed by atoms with Crippen LogP contribution in [0.1, 0.15) is 12.0 Å². The number of carboxylic acid groups (broad SMARTS) is 1. The molecule has 0 saturated heterocycles. The number of carboxylic acids is 1. The van der Waals surface area contributed by atoms with Crippen molar-refractivity contribution in [2.75, 3.05) is 14.2 Å². The van der Waals surface area contributed by atoms with Crippen LogP contribution in [0.4, 0.5) is 0 Å². The second kappa shape index (κ2) is 6.10. The first-order valence-electron chi connectivity index (χ1n) is 5.17. The molecule has 0 amide bonds. The van der Waals surface area contributed by atoms with Gasteiger partial charge >= 0.3 is 5.97 Å². The molecule has 0 aliphatic rings. The molecule has 94 valence electrons. The molecule has 1 rings (SSSR count). The molecule has 1 aromatic carbocycles. The molecule has 1 aromatic rings. The highest BCUT2D eigenvalue weighted by Gasteiger charge is 2.12. The fraction of sp³-hybridized carbons (Fsp3) is 0.417. The van der Waals surface area contributed by atoms with Crippen LogP contribution in [0.3, 0.4) is 0 Å². The number of methoxy groups -OCH3 is 2. The van der Waals surface area contributed by atoms with Gasteiger partial charge in [-0.15, -0.1) is 0 Å². The van der Waals surface area contributed by atoms with E-state index in [4.69, 9.17) is 14.6 Å². The van der Waals surface area contributed by atoms with Gasteiger partial charge in [0.25, 0.3) is 0 Å². The van der Waals surface area contributed by atoms with E-state index in [-0.39, 0.29) is 12.8 Å². The lowest BCUT2D eigenvalue weighted by atomic mass is 10.1. The third-order valence-electron chi connectivity index (χ3n) is 2.33. The molecule has 5 heteroatoms. The summed E-state index contributed by atoms with van der Waals surface area (Å²) in [5.74, 6) is 0.148. The lowest BCUT2D eigenvalue weighted by molar-refractivity contribution is -0.139. The van der Waals surface area contributed by atoms with E-state index >= 15 is 0 Å². The van der Waals surface area contributed by atoms with E-state index < -0.39 is 12.1 Å². The maximum atomic E-state index is 10.4. The van der Waals surface area contributed by atoms with E-state index in [9.17, 15) is 9.90 Å². The molecule has 0 aliphatic heterocycles. The smallest absolute Gasteiger partial charge is 0.305 e. The van der Waals surface area contributed by atoms with Gasteiger partial charge in [0.2, 0.25) is 0 Å². The topological polar surface area (TPSA) is 76.0 Å². The normalized spacial score (nSPS) is 11.9. The summed E-state index contributed by atoms with van der Waals surface area (Å²) in [6.07, 6.45) is -0.897. The summed E-state index contributed by atoms with van der Waals surface area (Å²) in [5.41, 5.74) is 0.802. The maximum Gasteiger partial charge on any atom is 0.305 e. The minimum absolute atomic E-state index is 0.269. The lowest BCUT2D eigenvalue weighted by Gasteiger charge is -2.11. The number of aliphatic hydroxyl groups is 1. The van der Waals surface area contributed by atoms with E-state index in [0.717, 1.165) is 5.56 Å². The molecule has 0 aromatic heterocycles. The minimum atomic E-state index is -1.02. The molecule has 2 N–H and O–H groups in total. The zero-order valence-corrected chi connectivity index (χ0v) is 9.84. The molecule has 0 bridgehead atoms. The molecule has 1 unspecified atom stereocenters. The van der Waals surface area contributed by atoms with Crippen LogP contribution in [0, 0.1) is 0 Å². The summed E-state index contributed by atoms with van der Waals surface area (Å²) >= 11 is 0. The Morgan fingerprint density at radius 3 is 2.47 bits per heavy atom. The highest BCUT2D eigenvalue weighted by Crippen LogP contribution is 2.28. The van der Waals surface area contributed by atoms with E-state index in [1.165, 1.54) is 14.2 Å². The largest absolute Gasteiger partial charge is 0.493 e. The van der Waals surface area contributed by atoms with Gasteiger partial charge in [0, 0.05) is 0 Å². The van der Waals surface area contributed by atoms with E-state index in [1.807, 2.05) is 0 Å². The van der Waals surface area contributed by atoms with Crippen molar-refractivity contribution < 1.29 is 24.5 Å². The number of hydrogen-bond donors (Lipinski definition) is 2. The van der Waals surface area contributed by atoms with Crippen molar-refractivity contribution in [3.05, 3.63) is 23.8 Å². The molecule has 0 aliphatic carbocycles. The van der Waals surface area contributed by atoms with Gasteiger partial charge in [-0.05, 0) is 24.1 Å². The van der Waals surface area contributed by atoms with Crippen LogP contribution in [-0.4, -0.2) is 36.5 Å². The summed E-state index contributed by atoms with van der Waals surface area (Å²) in [4.78, 5) is 10.4. The quantitative estimate of drug-likeness (QED) is 0.778. The van der Waals surface area contributed by atoms with E-state index in [2.05, 4.69) is 0 Å². The number of hydrogen-bond acceptors (Lipinski definition) is 4. The third kappa shape index (κ3) is 3.96. The number of benzene rings is 1. The van der Waals surface area contributed by atoms with Crippen molar-refractivity contribution in [3.63, 3.8) is 0 Å². The van der Waals surface area contributed by atoms with Crippen molar-refractivity contribution in [2.24, 2.45) is 0 Å². The van der Waals surface area contributed by atoms with Gasteiger partial charge < -0.3 is 19.7 Å². The average Bonchev–Trinajstić information content (AvgIpc) is 2.27. The minimum Gasteiger partial charge on any atom is -0.493 e. The van der Waals surface area contributed by atoms with E-state index in [1.54, 1.807) is 18.2 Å². The molecule has 5 nitrogen and oxygen atoms in total. The number of aliphatic hydroxyl groups excluding tert-OH is 1. The van der Waals surface area contributed by atoms with Crippen LogP contribution < -0.4 is 9.47 Å². The summed E-state index contributed by atoms with van der Waals surface area (Å²) in [6.45, 7) is 0. The molecule has 1 atom stereocenters. The van der Waals surface area contributed by atoms with Crippen molar-refractivity contribution in [2.45, 2.75) is 18.9 Å². The molecule has 0 spiro atoms. The van der Waals surface area contributed by atoms with Crippen molar-refractivity contribution in [3.8, 4) is 11.5 Å². The lowest BCUT2D eigenvalue weighted by Crippen LogP contribution is -2.15. The molecule has 0 fully saturated rings. The Morgan fingerprint density at radius 1 is 1.29 bits per heavy atom. The number of carbonyl (C=O) groups is 1. The summed E-state index contributed by atoms with van der Waals surface area (Å²) < 4.78 is 10.2. The van der Waals surface area contributed by atoms with Gasteiger partial charge in [-0.3, -0.25) is 4.79 Å². The van der Waals surface area contributed by atoms with Crippen LogP contribution in [0.15, 0.2) is 18.2 Å². The standard InChI is InChI=1S/C12H16O5/c1-16-10-4-3-8(6-11(10)17-2)5-9(13)7-12(14)15/h3-4,6,9,13H,5,7H2,1-2H3,(H,14,15). The maximum absolute atomic E-state index is 10.4. The molecule has 0 radical (unpaired) electrons. The first-order valence-corrected chi connectivity index (χ1v) is 5.17. The Morgan fingerprint density at radius 2 is 1.94 bits per heavy atom. The first kappa shape index (κ1) is 13.3. The predicted octanol–water partition coefficient (Wildman–Crippen LogP) is 1.08. The van der Waals surface area contributed by atoms with Crippen LogP contribution in [0.25, 0.3) is 0 Å². The van der Waals surface area contributed by atoms with Crippen LogP contribution >= 0.6 is 0 Å². The van der Waals surface area contributed by atoms with Crippen LogP contribution in [0.5, 0.6) is 11.5 Å². The summed E-state index contributed by atoms with van der Waals surface area (Å²) in [5, 5.41) is 18.1. The van der Waals surface area contributed by atoms with Crippen LogP contribution in [-0.2, 0) is 11.2 Å². The van der Waals surface area contributed by atoms with Gasteiger partial charge in [-0.2, -0.15) is 0 Å². The highest BCUT2D eigenvalue weighted by atomic mass is 16.5. The Hall–Kier alpha value is -1.75. The third-order valence-corrected chi connectivity index (χ3v) is 2.33. The van der Waals surface area contributed by atoms with Gasteiger partial charge in [0.1, 0.15) is 0 Å². The van der Waals surface area contributed by atoms with E-state index in [0.29, 0.717) is 11.5 Å². The Bertz CT molecular complexity index is 388. The monoisotopic (exact) mass is 240 g/mol. The average molecular weight is 240 g/mol. The Kier molecular flexibility index (Phi) is 4.78. The Labute approximate surface area is 99.6 Å². The second-order valence-corrected chi connectivity index (χ2v) is 3.65. The van der Waals surface area contributed by atoms with Crippen LogP contribution in [0.2, 0.25) is 0 Å². The summed E-state index contributed by atoms with van der Waals surface area (Å²) in [6, 6.07) is 5.22. The molecule has 17 heavy (non-hydrogen) atoms. The van der Waals surface area contributed by atoms with Crippen molar-refractivity contribution in [1.29, 1.82) is 0 Å². The second-order valence-electron chi connectivity index (χ2n) is 3.65. The predicted molar refractivity (Wildman–Crippen MR) is 61.5 cm³/mol. The van der Waals surface area contributed by atoms with Crippen molar-refractivity contribution >= 4 is 5.97 Å². The number of ether oxygens (including phenoxy) is 2.